The summed E-state index contributed by atoms with van der Waals surface area (Å²) in [5.41, 5.74) is 7.83. The Morgan fingerprint density at radius 3 is 2.90 bits per heavy atom. The summed E-state index contributed by atoms with van der Waals surface area (Å²) in [4.78, 5) is 2.47. The van der Waals surface area contributed by atoms with Crippen LogP contribution in [0, 0.1) is 6.42 Å². The molecule has 0 heterocycles. The Hall–Kier alpha value is -0.770. The van der Waals surface area contributed by atoms with Gasteiger partial charge in [-0.2, -0.15) is 0 Å². The molecule has 0 aliphatic carbocycles. The van der Waals surface area contributed by atoms with E-state index in [1.807, 2.05) is 0 Å². The van der Waals surface area contributed by atoms with Crippen LogP contribution in [-0.2, 0) is 0 Å². The summed E-state index contributed by atoms with van der Waals surface area (Å²) in [6.07, 6.45) is 1.20. The highest BCUT2D eigenvalue weighted by Crippen LogP contribution is 1.94. The lowest BCUT2D eigenvalue weighted by atomic mass is 10.2. The number of rotatable bonds is 5. The molecule has 0 amide bonds. The van der Waals surface area contributed by atoms with Crippen LogP contribution < -0.4 is 0 Å². The van der Waals surface area contributed by atoms with Crippen molar-refractivity contribution in [2.45, 2.75) is 12.5 Å². The Morgan fingerprint density at radius 2 is 2.40 bits per heavy atom. The molecule has 1 atom stereocenters. The largest absolute Gasteiger partial charge is 0.396 e. The van der Waals surface area contributed by atoms with E-state index >= 15 is 0 Å². The van der Waals surface area contributed by atoms with Crippen LogP contribution in [0.5, 0.6) is 0 Å². The standard InChI is InChI=1S/C5H10N3O2/c6-8-7-4-5(10)2-1-3-9/h1,5,9-10H,2-4H2. The van der Waals surface area contributed by atoms with Gasteiger partial charge in [0.25, 0.3) is 0 Å². The summed E-state index contributed by atoms with van der Waals surface area (Å²) < 4.78 is 0. The van der Waals surface area contributed by atoms with Gasteiger partial charge < -0.3 is 10.2 Å². The number of aliphatic hydroxyl groups is 2. The average molecular weight is 144 g/mol. The Morgan fingerprint density at radius 1 is 1.70 bits per heavy atom. The molecule has 0 spiro atoms. The number of aliphatic hydroxyl groups excluding tert-OH is 2. The van der Waals surface area contributed by atoms with Crippen LogP contribution in [0.4, 0.5) is 0 Å². The first-order valence-corrected chi connectivity index (χ1v) is 2.92. The van der Waals surface area contributed by atoms with Gasteiger partial charge in [-0.25, -0.2) is 0 Å². The van der Waals surface area contributed by atoms with Crippen molar-refractivity contribution < 1.29 is 10.2 Å². The second-order valence-electron chi connectivity index (χ2n) is 1.77. The molecule has 0 aromatic heterocycles. The zero-order valence-electron chi connectivity index (χ0n) is 5.51. The average Bonchev–Trinajstić information content (AvgIpc) is 1.97. The maximum atomic E-state index is 8.90. The van der Waals surface area contributed by atoms with Gasteiger partial charge in [0.1, 0.15) is 0 Å². The van der Waals surface area contributed by atoms with Crippen molar-refractivity contribution in [1.82, 2.24) is 0 Å². The lowest BCUT2D eigenvalue weighted by Crippen LogP contribution is -2.10. The van der Waals surface area contributed by atoms with Gasteiger partial charge in [-0.3, -0.25) is 0 Å². The van der Waals surface area contributed by atoms with Crippen LogP contribution >= 0.6 is 0 Å². The van der Waals surface area contributed by atoms with Crippen molar-refractivity contribution in [3.63, 3.8) is 0 Å². The Bertz CT molecular complexity index is 122. The van der Waals surface area contributed by atoms with Gasteiger partial charge in [-0.05, 0) is 18.4 Å². The van der Waals surface area contributed by atoms with E-state index in [0.717, 1.165) is 0 Å². The van der Waals surface area contributed by atoms with E-state index in [9.17, 15) is 0 Å². The summed E-state index contributed by atoms with van der Waals surface area (Å²) in [5.74, 6) is 0. The van der Waals surface area contributed by atoms with Crippen molar-refractivity contribution in [3.05, 3.63) is 16.9 Å². The van der Waals surface area contributed by atoms with E-state index < -0.39 is 6.10 Å². The fourth-order valence-corrected chi connectivity index (χ4v) is 0.472. The third-order valence-corrected chi connectivity index (χ3v) is 0.923. The van der Waals surface area contributed by atoms with Crippen LogP contribution in [0.25, 0.3) is 10.4 Å². The highest BCUT2D eigenvalue weighted by atomic mass is 16.3. The van der Waals surface area contributed by atoms with E-state index in [2.05, 4.69) is 10.0 Å². The third kappa shape index (κ3) is 5.37. The molecule has 0 fully saturated rings. The number of nitrogens with zero attached hydrogens (tertiary/aromatic N) is 3. The summed E-state index contributed by atoms with van der Waals surface area (Å²) in [6.45, 7) is 0.000325. The summed E-state index contributed by atoms with van der Waals surface area (Å²) in [5, 5.41) is 20.3. The van der Waals surface area contributed by atoms with Gasteiger partial charge in [-0.1, -0.05) is 5.11 Å². The van der Waals surface area contributed by atoms with Gasteiger partial charge in [0.2, 0.25) is 0 Å². The summed E-state index contributed by atoms with van der Waals surface area (Å²) in [7, 11) is 0. The van der Waals surface area contributed by atoms with Crippen molar-refractivity contribution in [3.8, 4) is 0 Å². The first kappa shape index (κ1) is 9.23. The molecule has 1 radical (unpaired) electrons. The Labute approximate surface area is 58.9 Å². The molecule has 5 heteroatoms. The highest BCUT2D eigenvalue weighted by molar-refractivity contribution is 4.70. The molecule has 1 unspecified atom stereocenters. The van der Waals surface area contributed by atoms with Crippen LogP contribution in [0.15, 0.2) is 5.11 Å². The lowest BCUT2D eigenvalue weighted by Gasteiger charge is -2.03. The fourth-order valence-electron chi connectivity index (χ4n) is 0.472. The summed E-state index contributed by atoms with van der Waals surface area (Å²) >= 11 is 0. The third-order valence-electron chi connectivity index (χ3n) is 0.923. The van der Waals surface area contributed by atoms with E-state index in [0.29, 0.717) is 6.42 Å². The number of hydrogen-bond acceptors (Lipinski definition) is 3. The molecule has 0 saturated carbocycles. The molecule has 2 N–H and O–H groups in total. The van der Waals surface area contributed by atoms with Crippen LogP contribution in [-0.4, -0.2) is 29.5 Å². The Balaban J connectivity index is 3.24. The maximum absolute atomic E-state index is 8.90. The second-order valence-corrected chi connectivity index (χ2v) is 1.77. The molecule has 0 bridgehead atoms. The van der Waals surface area contributed by atoms with Gasteiger partial charge >= 0.3 is 0 Å². The van der Waals surface area contributed by atoms with Crippen molar-refractivity contribution in [2.75, 3.05) is 13.2 Å². The van der Waals surface area contributed by atoms with Crippen LogP contribution in [0.1, 0.15) is 6.42 Å². The highest BCUT2D eigenvalue weighted by Gasteiger charge is 2.00. The Kier molecular flexibility index (Phi) is 5.86. The zero-order chi connectivity index (χ0) is 7.82. The number of azide groups is 1. The van der Waals surface area contributed by atoms with Crippen LogP contribution in [0.3, 0.4) is 0 Å². The molecule has 0 aliphatic rings. The molecule has 10 heavy (non-hydrogen) atoms. The van der Waals surface area contributed by atoms with Gasteiger partial charge in [-0.15, -0.1) is 0 Å². The monoisotopic (exact) mass is 144 g/mol. The first-order chi connectivity index (χ1) is 4.81. The van der Waals surface area contributed by atoms with Crippen LogP contribution in [0.2, 0.25) is 0 Å². The molecule has 57 valence electrons. The predicted molar refractivity (Wildman–Crippen MR) is 36.0 cm³/mol. The van der Waals surface area contributed by atoms with Crippen molar-refractivity contribution in [1.29, 1.82) is 0 Å². The second kappa shape index (κ2) is 6.35. The predicted octanol–water partition coefficient (Wildman–Crippen LogP) is 0.244. The fraction of sp³-hybridized carbons (Fsp3) is 0.800. The molecule has 0 aromatic carbocycles. The zero-order valence-corrected chi connectivity index (χ0v) is 5.51. The smallest absolute Gasteiger partial charge is 0.0600 e. The van der Waals surface area contributed by atoms with E-state index in [4.69, 9.17) is 15.7 Å². The molecule has 0 rings (SSSR count). The molecular weight excluding hydrogens is 134 g/mol. The molecular formula is C5H10N3O2. The topological polar surface area (TPSA) is 89.2 Å². The quantitative estimate of drug-likeness (QED) is 0.329. The van der Waals surface area contributed by atoms with Gasteiger partial charge in [0, 0.05) is 11.5 Å². The van der Waals surface area contributed by atoms with E-state index in [1.54, 1.807) is 0 Å². The minimum atomic E-state index is -0.664. The SMILES string of the molecule is [N-]=[N+]=NCC(O)C[CH]CO. The summed E-state index contributed by atoms with van der Waals surface area (Å²) in [6, 6.07) is 0. The van der Waals surface area contributed by atoms with E-state index in [1.165, 1.54) is 6.42 Å². The molecule has 0 saturated heterocycles. The maximum Gasteiger partial charge on any atom is 0.0600 e. The molecule has 0 aliphatic heterocycles. The van der Waals surface area contributed by atoms with E-state index in [-0.39, 0.29) is 13.2 Å². The van der Waals surface area contributed by atoms with Crippen molar-refractivity contribution in [2.24, 2.45) is 5.11 Å². The lowest BCUT2D eigenvalue weighted by molar-refractivity contribution is 0.175. The molecule has 0 aromatic rings. The first-order valence-electron chi connectivity index (χ1n) is 2.92. The minimum Gasteiger partial charge on any atom is -0.396 e. The van der Waals surface area contributed by atoms with Crippen molar-refractivity contribution >= 4 is 0 Å². The minimum absolute atomic E-state index is 0.0622. The van der Waals surface area contributed by atoms with Gasteiger partial charge in [0.05, 0.1) is 12.6 Å². The molecule has 5 nitrogen and oxygen atoms in total. The van der Waals surface area contributed by atoms with Gasteiger partial charge in [0.15, 0.2) is 0 Å². The number of hydrogen-bond donors (Lipinski definition) is 2. The normalized spacial score (nSPS) is 12.2.